The van der Waals surface area contributed by atoms with Crippen LogP contribution in [0.3, 0.4) is 0 Å². The van der Waals surface area contributed by atoms with Crippen LogP contribution < -0.4 is 0 Å². The number of aryl methyl sites for hydroxylation is 2. The lowest BCUT2D eigenvalue weighted by molar-refractivity contribution is 0.0990. The van der Waals surface area contributed by atoms with Crippen LogP contribution in [0.1, 0.15) is 21.7 Å². The molecule has 2 rings (SSSR count). The van der Waals surface area contributed by atoms with E-state index < -0.39 is 0 Å². The van der Waals surface area contributed by atoms with Gasteiger partial charge in [-0.15, -0.1) is 0 Å². The van der Waals surface area contributed by atoms with Gasteiger partial charge in [0.2, 0.25) is 0 Å². The summed E-state index contributed by atoms with van der Waals surface area (Å²) in [6.45, 7) is 1.90. The third-order valence-electron chi connectivity index (χ3n) is 2.62. The Bertz CT molecular complexity index is 607. The molecule has 0 spiro atoms. The van der Waals surface area contributed by atoms with Gasteiger partial charge in [-0.1, -0.05) is 0 Å². The Kier molecular flexibility index (Phi) is 3.97. The van der Waals surface area contributed by atoms with Gasteiger partial charge in [-0.25, -0.2) is 0 Å². The molecule has 0 N–H and O–H groups in total. The Morgan fingerprint density at radius 3 is 2.67 bits per heavy atom. The van der Waals surface area contributed by atoms with Crippen LogP contribution in [0, 0.1) is 6.92 Å². The maximum atomic E-state index is 12.2. The Morgan fingerprint density at radius 2 is 2.11 bits per heavy atom. The SMILES string of the molecule is Cc1nn(C)c(CC(=O)c2cncc(Br)c2)c1Br. The van der Waals surface area contributed by atoms with Crippen LogP contribution in [0.2, 0.25) is 0 Å². The lowest BCUT2D eigenvalue weighted by Crippen LogP contribution is -2.08. The molecule has 18 heavy (non-hydrogen) atoms. The highest BCUT2D eigenvalue weighted by atomic mass is 79.9. The van der Waals surface area contributed by atoms with E-state index in [4.69, 9.17) is 0 Å². The number of rotatable bonds is 3. The zero-order valence-electron chi connectivity index (χ0n) is 9.94. The van der Waals surface area contributed by atoms with E-state index in [2.05, 4.69) is 41.9 Å². The molecule has 0 amide bonds. The molecular formula is C12H11Br2N3O. The molecule has 0 aliphatic heterocycles. The Hall–Kier alpha value is -1.01. The molecule has 0 saturated heterocycles. The van der Waals surface area contributed by atoms with Crippen LogP contribution in [0.15, 0.2) is 27.4 Å². The van der Waals surface area contributed by atoms with Gasteiger partial charge in [0, 0.05) is 29.5 Å². The molecule has 0 fully saturated rings. The van der Waals surface area contributed by atoms with Crippen LogP contribution >= 0.6 is 31.9 Å². The van der Waals surface area contributed by atoms with Crippen LogP contribution in [-0.4, -0.2) is 20.5 Å². The molecule has 0 aliphatic carbocycles. The van der Waals surface area contributed by atoms with Crippen molar-refractivity contribution in [2.45, 2.75) is 13.3 Å². The van der Waals surface area contributed by atoms with Crippen molar-refractivity contribution in [2.75, 3.05) is 0 Å². The fourth-order valence-electron chi connectivity index (χ4n) is 1.69. The Balaban J connectivity index is 2.27. The van der Waals surface area contributed by atoms with Gasteiger partial charge in [-0.2, -0.15) is 5.10 Å². The third kappa shape index (κ3) is 2.70. The number of Topliss-reactive ketones (excluding diaryl/α,β-unsaturated/α-hetero) is 1. The van der Waals surface area contributed by atoms with Gasteiger partial charge >= 0.3 is 0 Å². The zero-order valence-corrected chi connectivity index (χ0v) is 13.1. The van der Waals surface area contributed by atoms with E-state index in [-0.39, 0.29) is 5.78 Å². The van der Waals surface area contributed by atoms with E-state index in [1.165, 1.54) is 0 Å². The van der Waals surface area contributed by atoms with Crippen LogP contribution in [-0.2, 0) is 13.5 Å². The lowest BCUT2D eigenvalue weighted by Gasteiger charge is -2.03. The van der Waals surface area contributed by atoms with Gasteiger partial charge in [0.25, 0.3) is 0 Å². The number of pyridine rings is 1. The summed E-state index contributed by atoms with van der Waals surface area (Å²) >= 11 is 6.76. The Morgan fingerprint density at radius 1 is 1.39 bits per heavy atom. The Labute approximate surface area is 122 Å². The normalized spacial score (nSPS) is 10.7. The number of carbonyl (C=O) groups excluding carboxylic acids is 1. The first-order valence-corrected chi connectivity index (χ1v) is 6.89. The summed E-state index contributed by atoms with van der Waals surface area (Å²) < 4.78 is 3.41. The quantitative estimate of drug-likeness (QED) is 0.778. The molecule has 0 aliphatic rings. The maximum absolute atomic E-state index is 12.2. The van der Waals surface area contributed by atoms with Crippen LogP contribution in [0.5, 0.6) is 0 Å². The number of hydrogen-bond donors (Lipinski definition) is 0. The summed E-state index contributed by atoms with van der Waals surface area (Å²) in [5.41, 5.74) is 2.35. The van der Waals surface area contributed by atoms with Gasteiger partial charge < -0.3 is 0 Å². The average Bonchev–Trinajstić information content (AvgIpc) is 2.56. The van der Waals surface area contributed by atoms with Crippen LogP contribution in [0.25, 0.3) is 0 Å². The number of ketones is 1. The highest BCUT2D eigenvalue weighted by molar-refractivity contribution is 9.10. The molecule has 6 heteroatoms. The number of halogens is 2. The van der Waals surface area contributed by atoms with Crippen molar-refractivity contribution < 1.29 is 4.79 Å². The van der Waals surface area contributed by atoms with Crippen molar-refractivity contribution in [3.8, 4) is 0 Å². The molecule has 0 unspecified atom stereocenters. The van der Waals surface area contributed by atoms with E-state index in [0.29, 0.717) is 12.0 Å². The fourth-order valence-corrected chi connectivity index (χ4v) is 2.53. The van der Waals surface area contributed by atoms with Gasteiger partial charge in [0.05, 0.1) is 22.3 Å². The van der Waals surface area contributed by atoms with E-state index in [1.54, 1.807) is 23.1 Å². The number of nitrogens with zero attached hydrogens (tertiary/aromatic N) is 3. The number of carbonyl (C=O) groups is 1. The van der Waals surface area contributed by atoms with E-state index in [0.717, 1.165) is 20.3 Å². The van der Waals surface area contributed by atoms with Crippen molar-refractivity contribution in [1.82, 2.24) is 14.8 Å². The van der Waals surface area contributed by atoms with Gasteiger partial charge in [-0.05, 0) is 44.8 Å². The first kappa shape index (κ1) is 13.4. The number of aromatic nitrogens is 3. The topological polar surface area (TPSA) is 47.8 Å². The van der Waals surface area contributed by atoms with Gasteiger partial charge in [0.15, 0.2) is 5.78 Å². The van der Waals surface area contributed by atoms with Crippen molar-refractivity contribution in [3.05, 3.63) is 44.4 Å². The first-order chi connectivity index (χ1) is 8.49. The van der Waals surface area contributed by atoms with Gasteiger partial charge in [0.1, 0.15) is 0 Å². The second kappa shape index (κ2) is 5.32. The fraction of sp³-hybridized carbons (Fsp3) is 0.250. The maximum Gasteiger partial charge on any atom is 0.170 e. The zero-order chi connectivity index (χ0) is 13.3. The van der Waals surface area contributed by atoms with E-state index in [9.17, 15) is 4.79 Å². The highest BCUT2D eigenvalue weighted by Crippen LogP contribution is 2.22. The van der Waals surface area contributed by atoms with E-state index >= 15 is 0 Å². The summed E-state index contributed by atoms with van der Waals surface area (Å²) in [7, 11) is 1.83. The molecule has 4 nitrogen and oxygen atoms in total. The minimum absolute atomic E-state index is 0.0208. The van der Waals surface area contributed by atoms with Crippen molar-refractivity contribution in [3.63, 3.8) is 0 Å². The summed E-state index contributed by atoms with van der Waals surface area (Å²) in [6, 6.07) is 1.77. The molecule has 2 aromatic heterocycles. The molecule has 2 heterocycles. The molecular weight excluding hydrogens is 362 g/mol. The van der Waals surface area contributed by atoms with Crippen molar-refractivity contribution in [1.29, 1.82) is 0 Å². The summed E-state index contributed by atoms with van der Waals surface area (Å²) in [5, 5.41) is 4.27. The predicted octanol–water partition coefficient (Wildman–Crippen LogP) is 3.07. The average molecular weight is 373 g/mol. The predicted molar refractivity (Wildman–Crippen MR) is 75.6 cm³/mol. The first-order valence-electron chi connectivity index (χ1n) is 5.30. The lowest BCUT2D eigenvalue weighted by atomic mass is 10.1. The second-order valence-electron chi connectivity index (χ2n) is 3.96. The second-order valence-corrected chi connectivity index (χ2v) is 5.67. The molecule has 0 saturated carbocycles. The molecule has 0 bridgehead atoms. The van der Waals surface area contributed by atoms with E-state index in [1.807, 2.05) is 14.0 Å². The molecule has 0 aromatic carbocycles. The van der Waals surface area contributed by atoms with Crippen molar-refractivity contribution in [2.24, 2.45) is 7.05 Å². The molecule has 0 atom stereocenters. The summed E-state index contributed by atoms with van der Waals surface area (Å²) in [6.07, 6.45) is 3.53. The smallest absolute Gasteiger partial charge is 0.170 e. The number of hydrogen-bond acceptors (Lipinski definition) is 3. The minimum atomic E-state index is 0.0208. The third-order valence-corrected chi connectivity index (χ3v) is 4.08. The highest BCUT2D eigenvalue weighted by Gasteiger charge is 2.16. The molecule has 2 aromatic rings. The van der Waals surface area contributed by atoms with Crippen molar-refractivity contribution >= 4 is 37.6 Å². The molecule has 94 valence electrons. The molecule has 0 radical (unpaired) electrons. The standard InChI is InChI=1S/C12H11Br2N3O/c1-7-12(14)10(17(2)16-7)4-11(18)8-3-9(13)6-15-5-8/h3,5-6H,4H2,1-2H3. The minimum Gasteiger partial charge on any atom is -0.294 e. The van der Waals surface area contributed by atoms with Gasteiger partial charge in [-0.3, -0.25) is 14.5 Å². The monoisotopic (exact) mass is 371 g/mol. The summed E-state index contributed by atoms with van der Waals surface area (Å²) in [4.78, 5) is 16.2. The largest absolute Gasteiger partial charge is 0.294 e. The summed E-state index contributed by atoms with van der Waals surface area (Å²) in [5.74, 6) is 0.0208. The van der Waals surface area contributed by atoms with Crippen LogP contribution in [0.4, 0.5) is 0 Å².